The van der Waals surface area contributed by atoms with Crippen molar-refractivity contribution in [3.8, 4) is 0 Å². The first-order valence-corrected chi connectivity index (χ1v) is 11.2. The predicted molar refractivity (Wildman–Crippen MR) is 112 cm³/mol. The fraction of sp³-hybridized carbons (Fsp3) is 0.542. The lowest BCUT2D eigenvalue weighted by Crippen LogP contribution is -2.52. The molecule has 2 saturated carbocycles. The van der Waals surface area contributed by atoms with Gasteiger partial charge in [0.05, 0.1) is 11.3 Å². The van der Waals surface area contributed by atoms with E-state index in [1.807, 2.05) is 18.3 Å². The summed E-state index contributed by atoms with van der Waals surface area (Å²) in [4.78, 5) is 4.56. The Balaban J connectivity index is 1.46. The van der Waals surface area contributed by atoms with Gasteiger partial charge in [0.2, 0.25) is 0 Å². The summed E-state index contributed by atoms with van der Waals surface area (Å²) in [5.74, 6) is 2.04. The van der Waals surface area contributed by atoms with Crippen molar-refractivity contribution in [3.05, 3.63) is 63.9 Å². The molecule has 2 fully saturated rings. The number of aryl methyl sites for hydroxylation is 1. The molecule has 142 valence electrons. The summed E-state index contributed by atoms with van der Waals surface area (Å²) in [6.45, 7) is 2.37. The van der Waals surface area contributed by atoms with Gasteiger partial charge in [-0.15, -0.1) is 0 Å². The minimum absolute atomic E-state index is 0.00257. The highest BCUT2D eigenvalue weighted by Crippen LogP contribution is 2.64. The van der Waals surface area contributed by atoms with Gasteiger partial charge in [0.1, 0.15) is 0 Å². The second-order valence-corrected chi connectivity index (χ2v) is 10.1. The molecule has 0 unspecified atom stereocenters. The molecule has 0 radical (unpaired) electrons. The number of hydrogen-bond donors (Lipinski definition) is 1. The molecule has 1 aromatic heterocycles. The fourth-order valence-corrected chi connectivity index (χ4v) is 7.14. The lowest BCUT2D eigenvalue weighted by molar-refractivity contribution is -0.102. The molecule has 2 nitrogen and oxygen atoms in total. The Morgan fingerprint density at radius 2 is 1.96 bits per heavy atom. The van der Waals surface area contributed by atoms with Gasteiger partial charge in [0, 0.05) is 17.1 Å². The van der Waals surface area contributed by atoms with Crippen LogP contribution in [0.1, 0.15) is 61.8 Å². The average Bonchev–Trinajstić information content (AvgIpc) is 2.94. The summed E-state index contributed by atoms with van der Waals surface area (Å²) in [5, 5.41) is 11.8. The number of benzene rings is 1. The van der Waals surface area contributed by atoms with Crippen molar-refractivity contribution in [2.24, 2.45) is 17.3 Å². The molecule has 0 bridgehead atoms. The highest BCUT2D eigenvalue weighted by molar-refractivity contribution is 9.10. The standard InChI is InChI=1S/C24H28BrNO/c1-23-12-10-18-17-6-3-2-5-16(17)8-9-19(18)20(23)11-13-24(23,27)15-22-21(25)7-4-14-26-22/h2-7,14,18-20,27H,8-13,15H2,1H3/t18-,19-,20+,23+,24-/m1/s1. The molecule has 5 rings (SSSR count). The molecule has 0 spiro atoms. The van der Waals surface area contributed by atoms with Crippen molar-refractivity contribution < 1.29 is 5.11 Å². The summed E-state index contributed by atoms with van der Waals surface area (Å²) in [6.07, 6.45) is 9.37. The topological polar surface area (TPSA) is 33.1 Å². The third kappa shape index (κ3) is 2.65. The molecule has 0 aliphatic heterocycles. The van der Waals surface area contributed by atoms with Crippen LogP contribution in [0.2, 0.25) is 0 Å². The van der Waals surface area contributed by atoms with Gasteiger partial charge in [-0.1, -0.05) is 31.2 Å². The number of aromatic nitrogens is 1. The molecule has 2 aromatic rings. The summed E-state index contributed by atoms with van der Waals surface area (Å²) in [6, 6.07) is 13.1. The van der Waals surface area contributed by atoms with Crippen LogP contribution in [0, 0.1) is 17.3 Å². The molecule has 1 heterocycles. The fourth-order valence-electron chi connectivity index (χ4n) is 6.75. The highest BCUT2D eigenvalue weighted by atomic mass is 79.9. The molecule has 1 aromatic carbocycles. The van der Waals surface area contributed by atoms with E-state index < -0.39 is 5.60 Å². The Bertz CT molecular complexity index is 867. The zero-order valence-electron chi connectivity index (χ0n) is 16.0. The first-order chi connectivity index (χ1) is 13.0. The van der Waals surface area contributed by atoms with Gasteiger partial charge in [-0.2, -0.15) is 0 Å². The van der Waals surface area contributed by atoms with Crippen LogP contribution in [0.15, 0.2) is 47.1 Å². The van der Waals surface area contributed by atoms with Crippen molar-refractivity contribution in [1.29, 1.82) is 0 Å². The lowest BCUT2D eigenvalue weighted by Gasteiger charge is -2.53. The Labute approximate surface area is 170 Å². The van der Waals surface area contributed by atoms with Gasteiger partial charge in [-0.05, 0) is 101 Å². The molecule has 3 aliphatic carbocycles. The molecule has 27 heavy (non-hydrogen) atoms. The van der Waals surface area contributed by atoms with E-state index in [9.17, 15) is 5.11 Å². The Kier molecular flexibility index (Phi) is 4.25. The number of rotatable bonds is 2. The van der Waals surface area contributed by atoms with Crippen LogP contribution in [0.5, 0.6) is 0 Å². The predicted octanol–water partition coefficient (Wildman–Crippen LogP) is 5.67. The van der Waals surface area contributed by atoms with Crippen LogP contribution in [0.3, 0.4) is 0 Å². The molecule has 1 N–H and O–H groups in total. The van der Waals surface area contributed by atoms with Gasteiger partial charge < -0.3 is 5.11 Å². The number of halogens is 1. The molecule has 3 aliphatic rings. The maximum atomic E-state index is 11.8. The van der Waals surface area contributed by atoms with Crippen molar-refractivity contribution in [1.82, 2.24) is 4.98 Å². The molecule has 3 heteroatoms. The quantitative estimate of drug-likeness (QED) is 0.671. The van der Waals surface area contributed by atoms with E-state index in [1.165, 1.54) is 19.3 Å². The minimum Gasteiger partial charge on any atom is -0.389 e. The van der Waals surface area contributed by atoms with Gasteiger partial charge >= 0.3 is 0 Å². The van der Waals surface area contributed by atoms with Gasteiger partial charge in [0.15, 0.2) is 0 Å². The largest absolute Gasteiger partial charge is 0.389 e. The van der Waals surface area contributed by atoms with Crippen molar-refractivity contribution in [2.45, 2.75) is 63.4 Å². The van der Waals surface area contributed by atoms with Crippen LogP contribution < -0.4 is 0 Å². The van der Waals surface area contributed by atoms with E-state index in [0.717, 1.165) is 35.3 Å². The van der Waals surface area contributed by atoms with Crippen molar-refractivity contribution >= 4 is 15.9 Å². The summed E-state index contributed by atoms with van der Waals surface area (Å²) >= 11 is 3.63. The second-order valence-electron chi connectivity index (χ2n) is 9.25. The van der Waals surface area contributed by atoms with Crippen LogP contribution in [-0.4, -0.2) is 15.7 Å². The molecular weight excluding hydrogens is 398 g/mol. The molecule has 0 saturated heterocycles. The van der Waals surface area contributed by atoms with Gasteiger partial charge in [-0.3, -0.25) is 4.98 Å². The average molecular weight is 426 g/mol. The van der Waals surface area contributed by atoms with Crippen LogP contribution >= 0.6 is 15.9 Å². The van der Waals surface area contributed by atoms with Crippen LogP contribution in [-0.2, 0) is 12.8 Å². The summed E-state index contributed by atoms with van der Waals surface area (Å²) in [7, 11) is 0. The smallest absolute Gasteiger partial charge is 0.0759 e. The molecule has 0 amide bonds. The normalized spacial score (nSPS) is 37.4. The van der Waals surface area contributed by atoms with Gasteiger partial charge in [0.25, 0.3) is 0 Å². The van der Waals surface area contributed by atoms with E-state index in [4.69, 9.17) is 0 Å². The monoisotopic (exact) mass is 425 g/mol. The van der Waals surface area contributed by atoms with Crippen LogP contribution in [0.25, 0.3) is 0 Å². The summed E-state index contributed by atoms with van der Waals surface area (Å²) in [5.41, 5.74) is 3.51. The number of aliphatic hydroxyl groups is 1. The van der Waals surface area contributed by atoms with Crippen LogP contribution in [0.4, 0.5) is 0 Å². The van der Waals surface area contributed by atoms with E-state index in [1.54, 1.807) is 11.1 Å². The SMILES string of the molecule is C[C@]12CC[C@@H]3c4ccccc4CC[C@H]3[C@@H]1CC[C@@]2(O)Cc1ncccc1Br. The maximum Gasteiger partial charge on any atom is 0.0759 e. The third-order valence-electron chi connectivity index (χ3n) is 8.25. The van der Waals surface area contributed by atoms with E-state index in [2.05, 4.69) is 52.1 Å². The van der Waals surface area contributed by atoms with Crippen molar-refractivity contribution in [3.63, 3.8) is 0 Å². The van der Waals surface area contributed by atoms with E-state index in [0.29, 0.717) is 18.3 Å². The first-order valence-electron chi connectivity index (χ1n) is 10.4. The Hall–Kier alpha value is -1.19. The Morgan fingerprint density at radius 3 is 2.81 bits per heavy atom. The third-order valence-corrected chi connectivity index (χ3v) is 8.98. The molecule has 5 atom stereocenters. The van der Waals surface area contributed by atoms with Gasteiger partial charge in [-0.25, -0.2) is 0 Å². The maximum absolute atomic E-state index is 11.8. The summed E-state index contributed by atoms with van der Waals surface area (Å²) < 4.78 is 1.02. The number of nitrogens with zero attached hydrogens (tertiary/aromatic N) is 1. The zero-order valence-corrected chi connectivity index (χ0v) is 17.6. The zero-order chi connectivity index (χ0) is 18.6. The van der Waals surface area contributed by atoms with E-state index in [-0.39, 0.29) is 5.41 Å². The van der Waals surface area contributed by atoms with E-state index >= 15 is 0 Å². The minimum atomic E-state index is -0.642. The number of fused-ring (bicyclic) bond motifs is 5. The highest BCUT2D eigenvalue weighted by Gasteiger charge is 2.61. The Morgan fingerprint density at radius 1 is 1.11 bits per heavy atom. The number of pyridine rings is 1. The number of hydrogen-bond acceptors (Lipinski definition) is 2. The van der Waals surface area contributed by atoms with Crippen molar-refractivity contribution in [2.75, 3.05) is 0 Å². The lowest BCUT2D eigenvalue weighted by atomic mass is 9.53. The molecular formula is C24H28BrNO. The first kappa shape index (κ1) is 17.9. The second kappa shape index (κ2) is 6.42.